The minimum absolute atomic E-state index is 0.00296. The second-order valence-corrected chi connectivity index (χ2v) is 5.80. The molecule has 0 atom stereocenters. The predicted octanol–water partition coefficient (Wildman–Crippen LogP) is 2.48. The highest BCUT2D eigenvalue weighted by Gasteiger charge is 2.31. The van der Waals surface area contributed by atoms with Crippen LogP contribution in [0.1, 0.15) is 32.1 Å². The van der Waals surface area contributed by atoms with Gasteiger partial charge < -0.3 is 14.8 Å². The van der Waals surface area contributed by atoms with Crippen molar-refractivity contribution in [2.45, 2.75) is 32.1 Å². The van der Waals surface area contributed by atoms with Crippen LogP contribution in [0, 0.1) is 5.41 Å². The molecular formula is C15H20N2O3. The highest BCUT2D eigenvalue weighted by atomic mass is 16.4. The van der Waals surface area contributed by atoms with Crippen LogP contribution in [-0.2, 0) is 0 Å². The van der Waals surface area contributed by atoms with Crippen LogP contribution in [0.2, 0.25) is 0 Å². The topological polar surface area (TPSA) is 78.3 Å². The lowest BCUT2D eigenvalue weighted by Crippen LogP contribution is -2.35. The van der Waals surface area contributed by atoms with Crippen molar-refractivity contribution in [2.24, 2.45) is 5.41 Å². The molecule has 1 saturated carbocycles. The zero-order valence-electron chi connectivity index (χ0n) is 11.4. The van der Waals surface area contributed by atoms with Gasteiger partial charge in [-0.25, -0.2) is 4.79 Å². The highest BCUT2D eigenvalue weighted by molar-refractivity contribution is 5.76. The molecule has 5 heteroatoms. The van der Waals surface area contributed by atoms with Crippen molar-refractivity contribution in [3.63, 3.8) is 0 Å². The fourth-order valence-electron chi connectivity index (χ4n) is 3.04. The van der Waals surface area contributed by atoms with Gasteiger partial charge >= 0.3 is 5.76 Å². The molecule has 2 aromatic rings. The molecule has 1 aromatic heterocycles. The Morgan fingerprint density at radius 3 is 2.85 bits per heavy atom. The average Bonchev–Trinajstić information content (AvgIpc) is 2.85. The molecule has 20 heavy (non-hydrogen) atoms. The van der Waals surface area contributed by atoms with Gasteiger partial charge in [0.1, 0.15) is 0 Å². The third kappa shape index (κ3) is 2.58. The zero-order valence-corrected chi connectivity index (χ0v) is 11.4. The van der Waals surface area contributed by atoms with E-state index in [1.807, 2.05) is 12.1 Å². The molecule has 0 aliphatic heterocycles. The number of aliphatic hydroxyl groups excluding tert-OH is 1. The summed E-state index contributed by atoms with van der Waals surface area (Å²) < 4.78 is 4.98. The first-order valence-electron chi connectivity index (χ1n) is 7.18. The molecule has 1 aliphatic rings. The molecule has 1 aliphatic carbocycles. The molecule has 0 amide bonds. The molecule has 0 bridgehead atoms. The summed E-state index contributed by atoms with van der Waals surface area (Å²) in [7, 11) is 0. The van der Waals surface area contributed by atoms with Crippen LogP contribution in [0.25, 0.3) is 11.1 Å². The van der Waals surface area contributed by atoms with Gasteiger partial charge in [0, 0.05) is 17.6 Å². The number of rotatable bonds is 4. The molecule has 3 N–H and O–H groups in total. The van der Waals surface area contributed by atoms with Crippen molar-refractivity contribution in [2.75, 3.05) is 18.5 Å². The van der Waals surface area contributed by atoms with E-state index in [0.717, 1.165) is 25.1 Å². The van der Waals surface area contributed by atoms with Gasteiger partial charge in [0.25, 0.3) is 0 Å². The van der Waals surface area contributed by atoms with E-state index >= 15 is 0 Å². The lowest BCUT2D eigenvalue weighted by Gasteiger charge is -2.36. The monoisotopic (exact) mass is 276 g/mol. The van der Waals surface area contributed by atoms with Gasteiger partial charge in [-0.3, -0.25) is 4.98 Å². The molecule has 3 rings (SSSR count). The third-order valence-corrected chi connectivity index (χ3v) is 4.34. The van der Waals surface area contributed by atoms with E-state index < -0.39 is 5.76 Å². The molecule has 0 spiro atoms. The van der Waals surface area contributed by atoms with Crippen molar-refractivity contribution in [1.29, 1.82) is 0 Å². The lowest BCUT2D eigenvalue weighted by molar-refractivity contribution is 0.0944. The Labute approximate surface area is 117 Å². The number of benzene rings is 1. The molecule has 1 heterocycles. The van der Waals surface area contributed by atoms with Gasteiger partial charge in [-0.2, -0.15) is 0 Å². The van der Waals surface area contributed by atoms with E-state index in [1.54, 1.807) is 6.07 Å². The zero-order chi connectivity index (χ0) is 14.0. The van der Waals surface area contributed by atoms with Crippen LogP contribution in [0.3, 0.4) is 0 Å². The summed E-state index contributed by atoms with van der Waals surface area (Å²) in [4.78, 5) is 13.8. The smallest absolute Gasteiger partial charge is 0.408 e. The Balaban J connectivity index is 1.73. The van der Waals surface area contributed by atoms with Crippen molar-refractivity contribution in [3.8, 4) is 0 Å². The molecule has 108 valence electrons. The molecule has 1 fully saturated rings. The average molecular weight is 276 g/mol. The highest BCUT2D eigenvalue weighted by Crippen LogP contribution is 2.36. The van der Waals surface area contributed by atoms with Crippen LogP contribution < -0.4 is 11.1 Å². The largest absolute Gasteiger partial charge is 0.417 e. The second-order valence-electron chi connectivity index (χ2n) is 5.80. The minimum atomic E-state index is -0.434. The number of anilines is 1. The standard InChI is InChI=1S/C15H20N2O3/c18-10-15(6-2-1-3-7-15)9-16-11-4-5-13-12(8-11)17-14(19)20-13/h4-5,8,16,18H,1-3,6-7,9-10H2,(H,17,19). The van der Waals surface area contributed by atoms with Gasteiger partial charge in [0.15, 0.2) is 5.58 Å². The molecule has 0 unspecified atom stereocenters. The van der Waals surface area contributed by atoms with Gasteiger partial charge in [0.2, 0.25) is 0 Å². The molecule has 0 saturated heterocycles. The van der Waals surface area contributed by atoms with Crippen molar-refractivity contribution in [1.82, 2.24) is 4.98 Å². The summed E-state index contributed by atoms with van der Waals surface area (Å²) in [6, 6.07) is 5.54. The SMILES string of the molecule is O=c1[nH]c2cc(NCC3(CO)CCCCC3)ccc2o1. The molecule has 1 aromatic carbocycles. The Bertz CT molecular complexity index is 638. The Kier molecular flexibility index (Phi) is 3.53. The predicted molar refractivity (Wildman–Crippen MR) is 77.9 cm³/mol. The Hall–Kier alpha value is -1.75. The van der Waals surface area contributed by atoms with Gasteiger partial charge in [0.05, 0.1) is 12.1 Å². The van der Waals surface area contributed by atoms with E-state index in [-0.39, 0.29) is 12.0 Å². The second kappa shape index (κ2) is 5.32. The number of oxazole rings is 1. The van der Waals surface area contributed by atoms with Crippen LogP contribution in [0.15, 0.2) is 27.4 Å². The fraction of sp³-hybridized carbons (Fsp3) is 0.533. The number of hydrogen-bond acceptors (Lipinski definition) is 4. The maximum atomic E-state index is 11.1. The summed E-state index contributed by atoms with van der Waals surface area (Å²) in [5.41, 5.74) is 2.20. The summed E-state index contributed by atoms with van der Waals surface area (Å²) >= 11 is 0. The van der Waals surface area contributed by atoms with Crippen LogP contribution in [0.5, 0.6) is 0 Å². The van der Waals surface area contributed by atoms with E-state index in [0.29, 0.717) is 11.1 Å². The van der Waals surface area contributed by atoms with Crippen molar-refractivity contribution >= 4 is 16.8 Å². The summed E-state index contributed by atoms with van der Waals surface area (Å²) in [6.07, 6.45) is 5.79. The van der Waals surface area contributed by atoms with Gasteiger partial charge in [-0.05, 0) is 31.0 Å². The van der Waals surface area contributed by atoms with E-state index in [2.05, 4.69) is 10.3 Å². The first kappa shape index (κ1) is 13.2. The lowest BCUT2D eigenvalue weighted by atomic mass is 9.74. The first-order chi connectivity index (χ1) is 9.71. The normalized spacial score (nSPS) is 18.2. The van der Waals surface area contributed by atoms with Crippen molar-refractivity contribution in [3.05, 3.63) is 28.7 Å². The van der Waals surface area contributed by atoms with Gasteiger partial charge in [-0.1, -0.05) is 19.3 Å². The number of aliphatic hydroxyl groups is 1. The van der Waals surface area contributed by atoms with E-state index in [1.165, 1.54) is 19.3 Å². The van der Waals surface area contributed by atoms with E-state index in [4.69, 9.17) is 4.42 Å². The van der Waals surface area contributed by atoms with Crippen LogP contribution in [0.4, 0.5) is 5.69 Å². The number of aromatic nitrogens is 1. The summed E-state index contributed by atoms with van der Waals surface area (Å²) in [5.74, 6) is -0.434. The maximum Gasteiger partial charge on any atom is 0.417 e. The Morgan fingerprint density at radius 2 is 2.10 bits per heavy atom. The fourth-order valence-corrected chi connectivity index (χ4v) is 3.04. The number of aromatic amines is 1. The maximum absolute atomic E-state index is 11.1. The quantitative estimate of drug-likeness (QED) is 0.801. The minimum Gasteiger partial charge on any atom is -0.408 e. The molecular weight excluding hydrogens is 256 g/mol. The van der Waals surface area contributed by atoms with Crippen molar-refractivity contribution < 1.29 is 9.52 Å². The number of H-pyrrole nitrogens is 1. The van der Waals surface area contributed by atoms with Crippen LogP contribution in [-0.4, -0.2) is 23.2 Å². The Morgan fingerprint density at radius 1 is 1.30 bits per heavy atom. The number of fused-ring (bicyclic) bond motifs is 1. The summed E-state index contributed by atoms with van der Waals surface area (Å²) in [5, 5.41) is 13.1. The summed E-state index contributed by atoms with van der Waals surface area (Å²) in [6.45, 7) is 0.988. The van der Waals surface area contributed by atoms with E-state index in [9.17, 15) is 9.90 Å². The number of hydrogen-bond donors (Lipinski definition) is 3. The van der Waals surface area contributed by atoms with Gasteiger partial charge in [-0.15, -0.1) is 0 Å². The number of nitrogens with one attached hydrogen (secondary N) is 2. The molecule has 0 radical (unpaired) electrons. The first-order valence-corrected chi connectivity index (χ1v) is 7.18. The van der Waals surface area contributed by atoms with Crippen LogP contribution >= 0.6 is 0 Å². The third-order valence-electron chi connectivity index (χ3n) is 4.34. The molecule has 5 nitrogen and oxygen atoms in total.